The van der Waals surface area contributed by atoms with Crippen LogP contribution in [0.15, 0.2) is 18.2 Å². The SMILES string of the molecule is CCc1ccc(OC)c(C(N)CC2CCCCN2)c1. The Labute approximate surface area is 116 Å². The van der Waals surface area contributed by atoms with Crippen molar-refractivity contribution in [3.8, 4) is 5.75 Å². The van der Waals surface area contributed by atoms with E-state index in [2.05, 4.69) is 24.4 Å². The summed E-state index contributed by atoms with van der Waals surface area (Å²) in [5.74, 6) is 0.917. The number of nitrogens with one attached hydrogen (secondary N) is 1. The molecule has 1 heterocycles. The molecule has 1 aromatic carbocycles. The van der Waals surface area contributed by atoms with Crippen LogP contribution >= 0.6 is 0 Å². The molecular weight excluding hydrogens is 236 g/mol. The van der Waals surface area contributed by atoms with Crippen LogP contribution in [0.4, 0.5) is 0 Å². The van der Waals surface area contributed by atoms with E-state index < -0.39 is 0 Å². The Kier molecular flexibility index (Phi) is 5.23. The third-order valence-electron chi connectivity index (χ3n) is 4.05. The Balaban J connectivity index is 2.09. The van der Waals surface area contributed by atoms with Crippen LogP contribution in [0, 0.1) is 0 Å². The molecule has 0 spiro atoms. The highest BCUT2D eigenvalue weighted by atomic mass is 16.5. The van der Waals surface area contributed by atoms with Gasteiger partial charge in [-0.15, -0.1) is 0 Å². The summed E-state index contributed by atoms with van der Waals surface area (Å²) in [6.45, 7) is 3.29. The van der Waals surface area contributed by atoms with Crippen LogP contribution in [-0.2, 0) is 6.42 Å². The second-order valence-electron chi connectivity index (χ2n) is 5.42. The number of aryl methyl sites for hydroxylation is 1. The van der Waals surface area contributed by atoms with Gasteiger partial charge in [0.2, 0.25) is 0 Å². The first-order valence-corrected chi connectivity index (χ1v) is 7.40. The first kappa shape index (κ1) is 14.4. The lowest BCUT2D eigenvalue weighted by Crippen LogP contribution is -2.36. The second-order valence-corrected chi connectivity index (χ2v) is 5.42. The number of ether oxygens (including phenoxy) is 1. The summed E-state index contributed by atoms with van der Waals surface area (Å²) in [4.78, 5) is 0. The predicted octanol–water partition coefficient (Wildman–Crippen LogP) is 2.79. The van der Waals surface area contributed by atoms with Gasteiger partial charge in [0.25, 0.3) is 0 Å². The van der Waals surface area contributed by atoms with E-state index in [0.717, 1.165) is 30.7 Å². The first-order valence-electron chi connectivity index (χ1n) is 7.40. The molecule has 1 aromatic rings. The monoisotopic (exact) mass is 262 g/mol. The molecule has 19 heavy (non-hydrogen) atoms. The van der Waals surface area contributed by atoms with E-state index in [1.807, 2.05) is 6.07 Å². The van der Waals surface area contributed by atoms with Crippen LogP contribution in [0.5, 0.6) is 5.75 Å². The molecule has 0 saturated carbocycles. The molecule has 2 atom stereocenters. The minimum Gasteiger partial charge on any atom is -0.496 e. The molecule has 3 heteroatoms. The van der Waals surface area contributed by atoms with E-state index in [9.17, 15) is 0 Å². The molecule has 2 unspecified atom stereocenters. The topological polar surface area (TPSA) is 47.3 Å². The first-order chi connectivity index (χ1) is 9.24. The van der Waals surface area contributed by atoms with Gasteiger partial charge in [-0.25, -0.2) is 0 Å². The van der Waals surface area contributed by atoms with Crippen molar-refractivity contribution in [2.45, 2.75) is 51.1 Å². The quantitative estimate of drug-likeness (QED) is 0.858. The molecule has 1 fully saturated rings. The maximum absolute atomic E-state index is 6.41. The third-order valence-corrected chi connectivity index (χ3v) is 4.05. The molecule has 3 nitrogen and oxygen atoms in total. The number of hydrogen-bond donors (Lipinski definition) is 2. The van der Waals surface area contributed by atoms with Crippen molar-refractivity contribution in [2.75, 3.05) is 13.7 Å². The van der Waals surface area contributed by atoms with Gasteiger partial charge in [0.1, 0.15) is 5.75 Å². The second kappa shape index (κ2) is 6.92. The summed E-state index contributed by atoms with van der Waals surface area (Å²) in [6.07, 6.45) is 5.87. The van der Waals surface area contributed by atoms with Crippen LogP contribution in [0.25, 0.3) is 0 Å². The number of methoxy groups -OCH3 is 1. The molecule has 2 rings (SSSR count). The summed E-state index contributed by atoms with van der Waals surface area (Å²) < 4.78 is 5.45. The predicted molar refractivity (Wildman–Crippen MR) is 79.6 cm³/mol. The van der Waals surface area contributed by atoms with Crippen molar-refractivity contribution in [3.63, 3.8) is 0 Å². The Morgan fingerprint density at radius 3 is 2.89 bits per heavy atom. The standard InChI is InChI=1S/C16H26N2O/c1-3-12-7-8-16(19-2)14(10-12)15(17)11-13-6-4-5-9-18-13/h7-8,10,13,15,18H,3-6,9,11,17H2,1-2H3. The normalized spacial score (nSPS) is 21.1. The van der Waals surface area contributed by atoms with E-state index >= 15 is 0 Å². The highest BCUT2D eigenvalue weighted by Gasteiger charge is 2.19. The molecule has 106 valence electrons. The highest BCUT2D eigenvalue weighted by molar-refractivity contribution is 5.39. The van der Waals surface area contributed by atoms with Gasteiger partial charge in [-0.05, 0) is 43.9 Å². The number of hydrogen-bond acceptors (Lipinski definition) is 3. The van der Waals surface area contributed by atoms with Gasteiger partial charge in [-0.2, -0.15) is 0 Å². The molecule has 1 aliphatic heterocycles. The average Bonchev–Trinajstić information content (AvgIpc) is 2.47. The fourth-order valence-electron chi connectivity index (χ4n) is 2.85. The molecule has 0 aliphatic carbocycles. The van der Waals surface area contributed by atoms with Gasteiger partial charge >= 0.3 is 0 Å². The average molecular weight is 262 g/mol. The number of nitrogens with two attached hydrogens (primary N) is 1. The minimum absolute atomic E-state index is 0.0528. The maximum atomic E-state index is 6.41. The van der Waals surface area contributed by atoms with Gasteiger partial charge in [-0.1, -0.05) is 25.5 Å². The van der Waals surface area contributed by atoms with Gasteiger partial charge < -0.3 is 15.8 Å². The zero-order chi connectivity index (χ0) is 13.7. The number of benzene rings is 1. The summed E-state index contributed by atoms with van der Waals surface area (Å²) in [5, 5.41) is 3.57. The van der Waals surface area contributed by atoms with Crippen molar-refractivity contribution in [1.29, 1.82) is 0 Å². The third kappa shape index (κ3) is 3.71. The van der Waals surface area contributed by atoms with Crippen LogP contribution in [0.1, 0.15) is 49.8 Å². The largest absolute Gasteiger partial charge is 0.496 e. The van der Waals surface area contributed by atoms with Crippen molar-refractivity contribution in [1.82, 2.24) is 5.32 Å². The van der Waals surface area contributed by atoms with Crippen LogP contribution in [0.3, 0.4) is 0 Å². The molecular formula is C16H26N2O. The zero-order valence-electron chi connectivity index (χ0n) is 12.1. The van der Waals surface area contributed by atoms with E-state index in [0.29, 0.717) is 6.04 Å². The summed E-state index contributed by atoms with van der Waals surface area (Å²) in [6, 6.07) is 6.97. The number of rotatable bonds is 5. The highest BCUT2D eigenvalue weighted by Crippen LogP contribution is 2.29. The van der Waals surface area contributed by atoms with Gasteiger partial charge in [0.05, 0.1) is 7.11 Å². The molecule has 3 N–H and O–H groups in total. The molecule has 1 aliphatic rings. The lowest BCUT2D eigenvalue weighted by Gasteiger charge is -2.27. The van der Waals surface area contributed by atoms with Gasteiger partial charge in [-0.3, -0.25) is 0 Å². The Bertz CT molecular complexity index is 400. The summed E-state index contributed by atoms with van der Waals surface area (Å²) >= 11 is 0. The minimum atomic E-state index is 0.0528. The lowest BCUT2D eigenvalue weighted by molar-refractivity contribution is 0.354. The summed E-state index contributed by atoms with van der Waals surface area (Å²) in [5.41, 5.74) is 8.88. The van der Waals surface area contributed by atoms with Crippen LogP contribution < -0.4 is 15.8 Å². The van der Waals surface area contributed by atoms with Crippen LogP contribution in [-0.4, -0.2) is 19.7 Å². The van der Waals surface area contributed by atoms with Crippen molar-refractivity contribution in [2.24, 2.45) is 5.73 Å². The summed E-state index contributed by atoms with van der Waals surface area (Å²) in [7, 11) is 1.72. The van der Waals surface area contributed by atoms with Gasteiger partial charge in [0.15, 0.2) is 0 Å². The molecule has 0 aromatic heterocycles. The van der Waals surface area contributed by atoms with Crippen molar-refractivity contribution < 1.29 is 4.74 Å². The Morgan fingerprint density at radius 1 is 1.42 bits per heavy atom. The lowest BCUT2D eigenvalue weighted by atomic mass is 9.93. The van der Waals surface area contributed by atoms with E-state index in [1.54, 1.807) is 7.11 Å². The molecule has 0 amide bonds. The Hall–Kier alpha value is -1.06. The van der Waals surface area contributed by atoms with Crippen molar-refractivity contribution in [3.05, 3.63) is 29.3 Å². The van der Waals surface area contributed by atoms with E-state index in [1.165, 1.54) is 24.8 Å². The Morgan fingerprint density at radius 2 is 2.26 bits per heavy atom. The molecule has 1 saturated heterocycles. The van der Waals surface area contributed by atoms with Gasteiger partial charge in [0, 0.05) is 17.6 Å². The van der Waals surface area contributed by atoms with Crippen LogP contribution in [0.2, 0.25) is 0 Å². The maximum Gasteiger partial charge on any atom is 0.123 e. The zero-order valence-corrected chi connectivity index (χ0v) is 12.1. The smallest absolute Gasteiger partial charge is 0.123 e. The number of piperidine rings is 1. The van der Waals surface area contributed by atoms with Crippen molar-refractivity contribution >= 4 is 0 Å². The molecule has 0 bridgehead atoms. The van der Waals surface area contributed by atoms with E-state index in [4.69, 9.17) is 10.5 Å². The molecule has 0 radical (unpaired) electrons. The fraction of sp³-hybridized carbons (Fsp3) is 0.625. The fourth-order valence-corrected chi connectivity index (χ4v) is 2.85. The van der Waals surface area contributed by atoms with E-state index in [-0.39, 0.29) is 6.04 Å².